The van der Waals surface area contributed by atoms with Gasteiger partial charge >= 0.3 is 0 Å². The molecule has 0 amide bonds. The largest absolute Gasteiger partial charge is 0.378 e. The first-order chi connectivity index (χ1) is 8.08. The van der Waals surface area contributed by atoms with Crippen LogP contribution in [0.1, 0.15) is 0 Å². The number of amidine groups is 1. The van der Waals surface area contributed by atoms with E-state index in [9.17, 15) is 0 Å². The molecule has 0 atom stereocenters. The molecule has 0 saturated heterocycles. The topological polar surface area (TPSA) is 55.1 Å². The summed E-state index contributed by atoms with van der Waals surface area (Å²) in [6.45, 7) is 0. The highest BCUT2D eigenvalue weighted by Gasteiger charge is 2.15. The maximum Gasteiger partial charge on any atom is 0.169 e. The van der Waals surface area contributed by atoms with Crippen molar-refractivity contribution in [1.82, 2.24) is 5.01 Å². The molecule has 0 saturated carbocycles. The lowest BCUT2D eigenvalue weighted by Crippen LogP contribution is -2.21. The van der Waals surface area contributed by atoms with Crippen LogP contribution in [-0.4, -0.2) is 43.9 Å². The lowest BCUT2D eigenvalue weighted by Gasteiger charge is -2.11. The Morgan fingerprint density at radius 2 is 1.88 bits per heavy atom. The van der Waals surface area contributed by atoms with Crippen molar-refractivity contribution < 1.29 is 0 Å². The van der Waals surface area contributed by atoms with Gasteiger partial charge in [-0.2, -0.15) is 5.10 Å². The Kier molecular flexibility index (Phi) is 2.91. The summed E-state index contributed by atoms with van der Waals surface area (Å²) in [6, 6.07) is 7.86. The van der Waals surface area contributed by atoms with Crippen molar-refractivity contribution >= 4 is 29.1 Å². The summed E-state index contributed by atoms with van der Waals surface area (Å²) in [4.78, 5) is 6.40. The van der Waals surface area contributed by atoms with Crippen LogP contribution in [0.2, 0.25) is 0 Å². The molecule has 1 N–H and O–H groups in total. The molecule has 1 aliphatic heterocycles. The summed E-state index contributed by atoms with van der Waals surface area (Å²) in [5.74, 6) is 0.321. The van der Waals surface area contributed by atoms with Crippen molar-refractivity contribution in [3.05, 3.63) is 24.3 Å². The zero-order valence-corrected chi connectivity index (χ0v) is 10.2. The molecule has 0 radical (unpaired) electrons. The third kappa shape index (κ3) is 2.33. The van der Waals surface area contributed by atoms with Crippen LogP contribution in [0.3, 0.4) is 0 Å². The second kappa shape index (κ2) is 4.37. The first-order valence-electron chi connectivity index (χ1n) is 5.30. The Balaban J connectivity index is 2.22. The third-order valence-corrected chi connectivity index (χ3v) is 2.54. The first kappa shape index (κ1) is 11.3. The van der Waals surface area contributed by atoms with E-state index in [4.69, 9.17) is 5.41 Å². The van der Waals surface area contributed by atoms with Crippen LogP contribution >= 0.6 is 0 Å². The molecule has 88 valence electrons. The van der Waals surface area contributed by atoms with Gasteiger partial charge in [0.15, 0.2) is 5.84 Å². The molecule has 0 aromatic heterocycles. The predicted molar refractivity (Wildman–Crippen MR) is 71.8 cm³/mol. The maximum atomic E-state index is 7.73. The number of hydrazone groups is 1. The minimum atomic E-state index is 0.321. The summed E-state index contributed by atoms with van der Waals surface area (Å²) in [6.07, 6.45) is 1.60. The Morgan fingerprint density at radius 3 is 2.35 bits per heavy atom. The Morgan fingerprint density at radius 1 is 1.24 bits per heavy atom. The van der Waals surface area contributed by atoms with E-state index >= 15 is 0 Å². The van der Waals surface area contributed by atoms with Gasteiger partial charge in [0, 0.05) is 26.8 Å². The number of hydrogen-bond acceptors (Lipinski definition) is 4. The van der Waals surface area contributed by atoms with Crippen molar-refractivity contribution in [2.75, 3.05) is 26.0 Å². The van der Waals surface area contributed by atoms with Gasteiger partial charge in [-0.05, 0) is 24.3 Å². The SMILES string of the molecule is CN1N=CC(=Nc2ccc(N(C)C)cc2)C1=N. The minimum Gasteiger partial charge on any atom is -0.378 e. The number of hydrogen-bond donors (Lipinski definition) is 1. The van der Waals surface area contributed by atoms with Gasteiger partial charge in [-0.25, -0.2) is 10.0 Å². The van der Waals surface area contributed by atoms with Crippen LogP contribution < -0.4 is 4.90 Å². The van der Waals surface area contributed by atoms with E-state index in [1.807, 2.05) is 43.3 Å². The molecule has 1 aromatic carbocycles. The van der Waals surface area contributed by atoms with Gasteiger partial charge in [0.2, 0.25) is 0 Å². The predicted octanol–water partition coefficient (Wildman–Crippen LogP) is 1.73. The first-order valence-corrected chi connectivity index (χ1v) is 5.30. The third-order valence-electron chi connectivity index (χ3n) is 2.54. The maximum absolute atomic E-state index is 7.73. The van der Waals surface area contributed by atoms with Gasteiger partial charge in [0.1, 0.15) is 5.71 Å². The van der Waals surface area contributed by atoms with E-state index in [0.29, 0.717) is 11.5 Å². The van der Waals surface area contributed by atoms with Crippen LogP contribution in [0, 0.1) is 5.41 Å². The van der Waals surface area contributed by atoms with Crippen molar-refractivity contribution in [1.29, 1.82) is 5.41 Å². The lowest BCUT2D eigenvalue weighted by atomic mass is 10.2. The molecule has 5 nitrogen and oxygen atoms in total. The van der Waals surface area contributed by atoms with Crippen LogP contribution in [-0.2, 0) is 0 Å². The molecule has 2 rings (SSSR count). The minimum absolute atomic E-state index is 0.321. The van der Waals surface area contributed by atoms with E-state index in [-0.39, 0.29) is 0 Å². The number of rotatable bonds is 2. The lowest BCUT2D eigenvalue weighted by molar-refractivity contribution is 0.560. The van der Waals surface area contributed by atoms with Crippen LogP contribution in [0.15, 0.2) is 34.4 Å². The van der Waals surface area contributed by atoms with Crippen molar-refractivity contribution in [2.24, 2.45) is 10.1 Å². The quantitative estimate of drug-likeness (QED) is 0.839. The second-order valence-electron chi connectivity index (χ2n) is 4.02. The number of nitrogens with one attached hydrogen (secondary N) is 1. The molecule has 0 bridgehead atoms. The molecule has 1 aliphatic rings. The fourth-order valence-electron chi connectivity index (χ4n) is 1.47. The molecule has 0 aliphatic carbocycles. The molecule has 17 heavy (non-hydrogen) atoms. The number of anilines is 1. The van der Waals surface area contributed by atoms with Crippen LogP contribution in [0.4, 0.5) is 11.4 Å². The molecular formula is C12H15N5. The Labute approximate surface area is 101 Å². The van der Waals surface area contributed by atoms with Crippen molar-refractivity contribution in [2.45, 2.75) is 0 Å². The molecular weight excluding hydrogens is 214 g/mol. The van der Waals surface area contributed by atoms with E-state index in [1.165, 1.54) is 5.01 Å². The highest BCUT2D eigenvalue weighted by atomic mass is 15.5. The molecule has 1 aromatic rings. The van der Waals surface area contributed by atoms with Crippen LogP contribution in [0.25, 0.3) is 0 Å². The van der Waals surface area contributed by atoms with Gasteiger partial charge in [-0.3, -0.25) is 5.41 Å². The van der Waals surface area contributed by atoms with E-state index < -0.39 is 0 Å². The van der Waals surface area contributed by atoms with Gasteiger partial charge in [-0.15, -0.1) is 0 Å². The second-order valence-corrected chi connectivity index (χ2v) is 4.02. The van der Waals surface area contributed by atoms with Crippen molar-refractivity contribution in [3.63, 3.8) is 0 Å². The fraction of sp³-hybridized carbons (Fsp3) is 0.250. The Bertz CT molecular complexity index is 484. The summed E-state index contributed by atoms with van der Waals surface area (Å²) in [7, 11) is 5.72. The summed E-state index contributed by atoms with van der Waals surface area (Å²) < 4.78 is 0. The average Bonchev–Trinajstić information content (AvgIpc) is 2.62. The summed E-state index contributed by atoms with van der Waals surface area (Å²) >= 11 is 0. The van der Waals surface area contributed by atoms with Crippen LogP contribution in [0.5, 0.6) is 0 Å². The monoisotopic (exact) mass is 229 g/mol. The number of aliphatic imine (C=N–C) groups is 1. The standard InChI is InChI=1S/C12H15N5/c1-16(2)10-6-4-9(5-7-10)15-11-8-14-17(3)12(11)13/h4-8,13H,1-3H3. The number of benzene rings is 1. The summed E-state index contributed by atoms with van der Waals surface area (Å²) in [5.41, 5.74) is 2.54. The van der Waals surface area contributed by atoms with E-state index in [0.717, 1.165) is 11.4 Å². The smallest absolute Gasteiger partial charge is 0.169 e. The molecule has 0 fully saturated rings. The van der Waals surface area contributed by atoms with E-state index in [1.54, 1.807) is 13.3 Å². The Hall–Kier alpha value is -2.17. The highest BCUT2D eigenvalue weighted by Crippen LogP contribution is 2.18. The zero-order valence-electron chi connectivity index (χ0n) is 10.2. The molecule has 0 spiro atoms. The normalized spacial score (nSPS) is 17.0. The van der Waals surface area contributed by atoms with E-state index in [2.05, 4.69) is 10.1 Å². The van der Waals surface area contributed by atoms with Gasteiger partial charge in [0.05, 0.1) is 11.9 Å². The summed E-state index contributed by atoms with van der Waals surface area (Å²) in [5, 5.41) is 13.2. The fourth-order valence-corrected chi connectivity index (χ4v) is 1.47. The highest BCUT2D eigenvalue weighted by molar-refractivity contribution is 6.63. The van der Waals surface area contributed by atoms with Crippen molar-refractivity contribution in [3.8, 4) is 0 Å². The average molecular weight is 229 g/mol. The molecule has 1 heterocycles. The van der Waals surface area contributed by atoms with Gasteiger partial charge < -0.3 is 4.90 Å². The van der Waals surface area contributed by atoms with Gasteiger partial charge in [-0.1, -0.05) is 0 Å². The number of nitrogens with zero attached hydrogens (tertiary/aromatic N) is 4. The zero-order chi connectivity index (χ0) is 12.4. The van der Waals surface area contributed by atoms with Gasteiger partial charge in [0.25, 0.3) is 0 Å². The molecule has 5 heteroatoms. The molecule has 0 unspecified atom stereocenters.